The molecule has 0 aromatic heterocycles. The van der Waals surface area contributed by atoms with Gasteiger partial charge in [-0.15, -0.1) is 6.58 Å². The Bertz CT molecular complexity index is 360. The van der Waals surface area contributed by atoms with Crippen LogP contribution in [0.2, 0.25) is 0 Å². The Labute approximate surface area is 105 Å². The molecule has 0 aliphatic carbocycles. The SMILES string of the molecule is C=CCCC(C)Nc1ccc(OCC)cc1C. The van der Waals surface area contributed by atoms with Crippen LogP contribution < -0.4 is 10.1 Å². The summed E-state index contributed by atoms with van der Waals surface area (Å²) in [4.78, 5) is 0. The fraction of sp³-hybridized carbons (Fsp3) is 0.467. The molecular weight excluding hydrogens is 210 g/mol. The van der Waals surface area contributed by atoms with Crippen LogP contribution in [0.3, 0.4) is 0 Å². The van der Waals surface area contributed by atoms with Crippen molar-refractivity contribution in [3.05, 3.63) is 36.4 Å². The van der Waals surface area contributed by atoms with Crippen LogP contribution in [0.15, 0.2) is 30.9 Å². The lowest BCUT2D eigenvalue weighted by atomic mass is 10.1. The van der Waals surface area contributed by atoms with Gasteiger partial charge in [0.1, 0.15) is 5.75 Å². The van der Waals surface area contributed by atoms with Gasteiger partial charge in [0.25, 0.3) is 0 Å². The first kappa shape index (κ1) is 13.6. The summed E-state index contributed by atoms with van der Waals surface area (Å²) in [6.45, 7) is 10.8. The van der Waals surface area contributed by atoms with Gasteiger partial charge in [0.2, 0.25) is 0 Å². The summed E-state index contributed by atoms with van der Waals surface area (Å²) in [7, 11) is 0. The molecule has 0 saturated carbocycles. The number of hydrogen-bond donors (Lipinski definition) is 1. The zero-order valence-corrected chi connectivity index (χ0v) is 11.1. The summed E-state index contributed by atoms with van der Waals surface area (Å²) in [5.74, 6) is 0.939. The average Bonchev–Trinajstić information content (AvgIpc) is 2.30. The number of rotatable bonds is 7. The predicted molar refractivity (Wildman–Crippen MR) is 74.9 cm³/mol. The first-order chi connectivity index (χ1) is 8.17. The molecule has 1 aromatic rings. The molecule has 1 atom stereocenters. The van der Waals surface area contributed by atoms with Crippen LogP contribution in [0.4, 0.5) is 5.69 Å². The monoisotopic (exact) mass is 233 g/mol. The molecule has 0 fully saturated rings. The fourth-order valence-corrected chi connectivity index (χ4v) is 1.76. The topological polar surface area (TPSA) is 21.3 Å². The van der Waals surface area contributed by atoms with Gasteiger partial charge in [-0.05, 0) is 57.4 Å². The maximum Gasteiger partial charge on any atom is 0.119 e. The average molecular weight is 233 g/mol. The van der Waals surface area contributed by atoms with Gasteiger partial charge < -0.3 is 10.1 Å². The third-order valence-corrected chi connectivity index (χ3v) is 2.71. The van der Waals surface area contributed by atoms with E-state index in [4.69, 9.17) is 4.74 Å². The normalized spacial score (nSPS) is 11.9. The zero-order valence-electron chi connectivity index (χ0n) is 11.1. The highest BCUT2D eigenvalue weighted by Crippen LogP contribution is 2.22. The van der Waals surface area contributed by atoms with Crippen molar-refractivity contribution in [1.82, 2.24) is 0 Å². The molecule has 17 heavy (non-hydrogen) atoms. The molecule has 1 N–H and O–H groups in total. The highest BCUT2D eigenvalue weighted by atomic mass is 16.5. The highest BCUT2D eigenvalue weighted by molar-refractivity contribution is 5.54. The number of benzene rings is 1. The zero-order chi connectivity index (χ0) is 12.7. The van der Waals surface area contributed by atoms with E-state index in [9.17, 15) is 0 Å². The summed E-state index contributed by atoms with van der Waals surface area (Å²) in [6, 6.07) is 6.64. The number of nitrogens with one attached hydrogen (secondary N) is 1. The third-order valence-electron chi connectivity index (χ3n) is 2.71. The Balaban J connectivity index is 2.62. The van der Waals surface area contributed by atoms with E-state index in [1.807, 2.05) is 19.1 Å². The van der Waals surface area contributed by atoms with Gasteiger partial charge in [0.05, 0.1) is 6.61 Å². The van der Waals surface area contributed by atoms with Crippen molar-refractivity contribution in [2.75, 3.05) is 11.9 Å². The second kappa shape index (κ2) is 7.00. The Hall–Kier alpha value is -1.44. The van der Waals surface area contributed by atoms with Crippen molar-refractivity contribution < 1.29 is 4.74 Å². The minimum absolute atomic E-state index is 0.463. The van der Waals surface area contributed by atoms with Crippen molar-refractivity contribution in [2.45, 2.75) is 39.7 Å². The van der Waals surface area contributed by atoms with E-state index in [2.05, 4.69) is 37.9 Å². The van der Waals surface area contributed by atoms with Crippen molar-refractivity contribution in [2.24, 2.45) is 0 Å². The Morgan fingerprint density at radius 3 is 2.82 bits per heavy atom. The van der Waals surface area contributed by atoms with Gasteiger partial charge in [0, 0.05) is 11.7 Å². The van der Waals surface area contributed by atoms with Gasteiger partial charge in [-0.3, -0.25) is 0 Å². The Kier molecular flexibility index (Phi) is 5.61. The minimum atomic E-state index is 0.463. The van der Waals surface area contributed by atoms with Crippen LogP contribution in [-0.2, 0) is 0 Å². The lowest BCUT2D eigenvalue weighted by Crippen LogP contribution is -2.15. The smallest absolute Gasteiger partial charge is 0.119 e. The Morgan fingerprint density at radius 1 is 1.47 bits per heavy atom. The summed E-state index contributed by atoms with van der Waals surface area (Å²) in [5, 5.41) is 3.51. The van der Waals surface area contributed by atoms with Crippen molar-refractivity contribution in [3.63, 3.8) is 0 Å². The lowest BCUT2D eigenvalue weighted by molar-refractivity contribution is 0.340. The second-order valence-electron chi connectivity index (χ2n) is 4.32. The molecule has 0 heterocycles. The first-order valence-corrected chi connectivity index (χ1v) is 6.28. The first-order valence-electron chi connectivity index (χ1n) is 6.28. The number of allylic oxidation sites excluding steroid dienone is 1. The molecule has 0 aliphatic heterocycles. The largest absolute Gasteiger partial charge is 0.494 e. The number of ether oxygens (including phenoxy) is 1. The number of hydrogen-bond acceptors (Lipinski definition) is 2. The summed E-state index contributed by atoms with van der Waals surface area (Å²) >= 11 is 0. The van der Waals surface area contributed by atoms with Crippen molar-refractivity contribution in [3.8, 4) is 5.75 Å². The molecule has 0 amide bonds. The van der Waals surface area contributed by atoms with Crippen LogP contribution >= 0.6 is 0 Å². The van der Waals surface area contributed by atoms with Crippen LogP contribution in [0.25, 0.3) is 0 Å². The fourth-order valence-electron chi connectivity index (χ4n) is 1.76. The molecule has 94 valence electrons. The van der Waals surface area contributed by atoms with Gasteiger partial charge in [-0.1, -0.05) is 6.08 Å². The molecule has 1 rings (SSSR count). The minimum Gasteiger partial charge on any atom is -0.494 e. The van der Waals surface area contributed by atoms with Crippen LogP contribution in [0.5, 0.6) is 5.75 Å². The number of anilines is 1. The standard InChI is InChI=1S/C15H23NO/c1-5-7-8-13(4)16-15-10-9-14(17-6-2)11-12(15)3/h5,9-11,13,16H,1,6-8H2,2-4H3. The van der Waals surface area contributed by atoms with E-state index < -0.39 is 0 Å². The molecule has 0 aliphatic rings. The molecule has 2 heteroatoms. The molecule has 1 unspecified atom stereocenters. The van der Waals surface area contributed by atoms with Crippen LogP contribution in [0, 0.1) is 6.92 Å². The Morgan fingerprint density at radius 2 is 2.24 bits per heavy atom. The van der Waals surface area contributed by atoms with Crippen molar-refractivity contribution in [1.29, 1.82) is 0 Å². The molecule has 1 aromatic carbocycles. The molecule has 0 spiro atoms. The predicted octanol–water partition coefficient (Wildman–Crippen LogP) is 4.16. The van der Waals surface area contributed by atoms with Crippen LogP contribution in [-0.4, -0.2) is 12.6 Å². The van der Waals surface area contributed by atoms with E-state index >= 15 is 0 Å². The molecule has 0 radical (unpaired) electrons. The van der Waals surface area contributed by atoms with E-state index in [0.29, 0.717) is 12.6 Å². The van der Waals surface area contributed by atoms with E-state index in [1.165, 1.54) is 11.3 Å². The maximum atomic E-state index is 5.47. The van der Waals surface area contributed by atoms with Crippen LogP contribution in [0.1, 0.15) is 32.3 Å². The molecule has 0 bridgehead atoms. The maximum absolute atomic E-state index is 5.47. The molecule has 2 nitrogen and oxygen atoms in total. The van der Waals surface area contributed by atoms with Gasteiger partial charge in [-0.2, -0.15) is 0 Å². The van der Waals surface area contributed by atoms with E-state index in [1.54, 1.807) is 0 Å². The summed E-state index contributed by atoms with van der Waals surface area (Å²) < 4.78 is 5.47. The molecular formula is C15H23NO. The lowest BCUT2D eigenvalue weighted by Gasteiger charge is -2.17. The van der Waals surface area contributed by atoms with E-state index in [0.717, 1.165) is 18.6 Å². The summed E-state index contributed by atoms with van der Waals surface area (Å²) in [5.41, 5.74) is 2.41. The van der Waals surface area contributed by atoms with Gasteiger partial charge in [-0.25, -0.2) is 0 Å². The quantitative estimate of drug-likeness (QED) is 0.714. The number of aryl methyl sites for hydroxylation is 1. The van der Waals surface area contributed by atoms with E-state index in [-0.39, 0.29) is 0 Å². The third kappa shape index (κ3) is 4.51. The highest BCUT2D eigenvalue weighted by Gasteiger charge is 2.04. The van der Waals surface area contributed by atoms with Gasteiger partial charge in [0.15, 0.2) is 0 Å². The summed E-state index contributed by atoms with van der Waals surface area (Å²) in [6.07, 6.45) is 4.11. The second-order valence-corrected chi connectivity index (χ2v) is 4.32. The van der Waals surface area contributed by atoms with Crippen molar-refractivity contribution >= 4 is 5.69 Å². The molecule has 0 saturated heterocycles. The van der Waals surface area contributed by atoms with Gasteiger partial charge >= 0.3 is 0 Å².